The number of ether oxygens (including phenoxy) is 1. The van der Waals surface area contributed by atoms with Gasteiger partial charge in [0.05, 0.1) is 12.1 Å². The maximum Gasteiger partial charge on any atom is 0.416 e. The lowest BCUT2D eigenvalue weighted by atomic mass is 10.1. The molecule has 120 valence electrons. The molecule has 1 unspecified atom stereocenters. The van der Waals surface area contributed by atoms with Gasteiger partial charge in [0, 0.05) is 13.0 Å². The second-order valence-corrected chi connectivity index (χ2v) is 5.02. The van der Waals surface area contributed by atoms with E-state index in [-0.39, 0.29) is 25.9 Å². The first kappa shape index (κ1) is 16.1. The van der Waals surface area contributed by atoms with E-state index in [1.807, 2.05) is 0 Å². The maximum absolute atomic E-state index is 12.6. The molecule has 2 rings (SSSR count). The Morgan fingerprint density at radius 1 is 1.41 bits per heavy atom. The highest BCUT2D eigenvalue weighted by Crippen LogP contribution is 2.30. The van der Waals surface area contributed by atoms with Crippen molar-refractivity contribution in [1.82, 2.24) is 4.90 Å². The Labute approximate surface area is 124 Å². The Kier molecular flexibility index (Phi) is 4.58. The van der Waals surface area contributed by atoms with E-state index in [0.717, 1.165) is 12.1 Å². The van der Waals surface area contributed by atoms with Crippen LogP contribution in [0.5, 0.6) is 0 Å². The predicted molar refractivity (Wildman–Crippen MR) is 69.0 cm³/mol. The van der Waals surface area contributed by atoms with Crippen LogP contribution < -0.4 is 0 Å². The number of cyclic esters (lactones) is 1. The molecule has 0 aliphatic carbocycles. The molecule has 1 aromatic carbocycles. The van der Waals surface area contributed by atoms with Crippen molar-refractivity contribution in [3.8, 4) is 0 Å². The van der Waals surface area contributed by atoms with Crippen LogP contribution in [0.4, 0.5) is 18.0 Å². The fourth-order valence-electron chi connectivity index (χ4n) is 2.20. The highest BCUT2D eigenvalue weighted by Gasteiger charge is 2.33. The number of aliphatic carboxylic acids is 1. The fourth-order valence-corrected chi connectivity index (χ4v) is 2.20. The van der Waals surface area contributed by atoms with E-state index >= 15 is 0 Å². The van der Waals surface area contributed by atoms with Gasteiger partial charge in [0.1, 0.15) is 6.10 Å². The van der Waals surface area contributed by atoms with E-state index in [1.54, 1.807) is 0 Å². The number of amides is 1. The first-order valence-electron chi connectivity index (χ1n) is 6.59. The molecule has 0 spiro atoms. The Morgan fingerprint density at radius 2 is 2.14 bits per heavy atom. The number of halogens is 3. The number of alkyl halides is 3. The molecule has 1 saturated heterocycles. The molecule has 1 heterocycles. The lowest BCUT2D eigenvalue weighted by molar-refractivity contribution is -0.138. The van der Waals surface area contributed by atoms with Gasteiger partial charge >= 0.3 is 18.2 Å². The van der Waals surface area contributed by atoms with Crippen molar-refractivity contribution in [2.75, 3.05) is 6.54 Å². The van der Waals surface area contributed by atoms with Crippen LogP contribution in [0.25, 0.3) is 0 Å². The second-order valence-electron chi connectivity index (χ2n) is 5.02. The highest BCUT2D eigenvalue weighted by molar-refractivity contribution is 5.70. The van der Waals surface area contributed by atoms with Gasteiger partial charge in [-0.25, -0.2) is 4.79 Å². The van der Waals surface area contributed by atoms with Crippen molar-refractivity contribution in [3.63, 3.8) is 0 Å². The van der Waals surface area contributed by atoms with Crippen LogP contribution >= 0.6 is 0 Å². The van der Waals surface area contributed by atoms with E-state index in [2.05, 4.69) is 0 Å². The molecule has 5 nitrogen and oxygen atoms in total. The predicted octanol–water partition coefficient (Wildman–Crippen LogP) is 2.89. The van der Waals surface area contributed by atoms with E-state index < -0.39 is 29.9 Å². The van der Waals surface area contributed by atoms with Gasteiger partial charge in [-0.1, -0.05) is 12.1 Å². The van der Waals surface area contributed by atoms with Crippen molar-refractivity contribution < 1.29 is 32.6 Å². The van der Waals surface area contributed by atoms with Crippen molar-refractivity contribution in [2.45, 2.75) is 31.7 Å². The summed E-state index contributed by atoms with van der Waals surface area (Å²) in [5, 5.41) is 8.59. The minimum absolute atomic E-state index is 0.00761. The van der Waals surface area contributed by atoms with Crippen LogP contribution in [0, 0.1) is 0 Å². The Bertz CT molecular complexity index is 573. The molecule has 1 atom stereocenters. The van der Waals surface area contributed by atoms with Crippen molar-refractivity contribution in [3.05, 3.63) is 35.4 Å². The van der Waals surface area contributed by atoms with Gasteiger partial charge in [-0.3, -0.25) is 4.79 Å². The smallest absolute Gasteiger partial charge is 0.416 e. The number of nitrogens with zero attached hydrogens (tertiary/aromatic N) is 1. The van der Waals surface area contributed by atoms with Crippen LogP contribution in [-0.4, -0.2) is 34.7 Å². The van der Waals surface area contributed by atoms with Crippen LogP contribution in [0.1, 0.15) is 24.0 Å². The quantitative estimate of drug-likeness (QED) is 0.907. The number of carbonyl (C=O) groups is 2. The topological polar surface area (TPSA) is 66.8 Å². The third kappa shape index (κ3) is 4.12. The number of carboxylic acids is 1. The summed E-state index contributed by atoms with van der Waals surface area (Å²) in [6.45, 7) is 0.161. The molecule has 1 aromatic rings. The van der Waals surface area contributed by atoms with Gasteiger partial charge < -0.3 is 14.7 Å². The molecule has 0 radical (unpaired) electrons. The summed E-state index contributed by atoms with van der Waals surface area (Å²) in [7, 11) is 0. The fraction of sp³-hybridized carbons (Fsp3) is 0.429. The van der Waals surface area contributed by atoms with E-state index in [1.165, 1.54) is 17.0 Å². The van der Waals surface area contributed by atoms with Crippen molar-refractivity contribution in [2.24, 2.45) is 0 Å². The molecule has 1 fully saturated rings. The SMILES string of the molecule is O=C(O)CCC1CN(Cc2cccc(C(F)(F)F)c2)C(=O)O1. The minimum atomic E-state index is -4.44. The molecule has 1 N–H and O–H groups in total. The van der Waals surface area contributed by atoms with Gasteiger partial charge in [0.2, 0.25) is 0 Å². The molecule has 22 heavy (non-hydrogen) atoms. The first-order valence-corrected chi connectivity index (χ1v) is 6.59. The standard InChI is InChI=1S/C14H14F3NO4/c15-14(16,17)10-3-1-2-9(6-10)7-18-8-11(22-13(18)21)4-5-12(19)20/h1-3,6,11H,4-5,7-8H2,(H,19,20). The Morgan fingerprint density at radius 3 is 2.77 bits per heavy atom. The zero-order chi connectivity index (χ0) is 16.3. The van der Waals surface area contributed by atoms with Gasteiger partial charge in [0.15, 0.2) is 0 Å². The molecule has 1 aliphatic rings. The van der Waals surface area contributed by atoms with Gasteiger partial charge in [-0.15, -0.1) is 0 Å². The summed E-state index contributed by atoms with van der Waals surface area (Å²) in [4.78, 5) is 23.4. The zero-order valence-electron chi connectivity index (χ0n) is 11.5. The Balaban J connectivity index is 1.99. The number of hydrogen-bond acceptors (Lipinski definition) is 3. The lowest BCUT2D eigenvalue weighted by Crippen LogP contribution is -2.25. The number of carboxylic acid groups (broad SMARTS) is 1. The minimum Gasteiger partial charge on any atom is -0.481 e. The van der Waals surface area contributed by atoms with Crippen LogP contribution in [-0.2, 0) is 22.3 Å². The van der Waals surface area contributed by atoms with Crippen LogP contribution in [0.3, 0.4) is 0 Å². The monoisotopic (exact) mass is 317 g/mol. The van der Waals surface area contributed by atoms with Crippen molar-refractivity contribution in [1.29, 1.82) is 0 Å². The molecular formula is C14H14F3NO4. The average Bonchev–Trinajstić information content (AvgIpc) is 2.76. The summed E-state index contributed by atoms with van der Waals surface area (Å²) in [5.41, 5.74) is -0.439. The van der Waals surface area contributed by atoms with Crippen molar-refractivity contribution >= 4 is 12.1 Å². The summed E-state index contributed by atoms with van der Waals surface area (Å²) in [5.74, 6) is -0.993. The summed E-state index contributed by atoms with van der Waals surface area (Å²) < 4.78 is 42.9. The third-order valence-electron chi connectivity index (χ3n) is 3.26. The van der Waals surface area contributed by atoms with E-state index in [4.69, 9.17) is 9.84 Å². The van der Waals surface area contributed by atoms with E-state index in [0.29, 0.717) is 5.56 Å². The van der Waals surface area contributed by atoms with Gasteiger partial charge in [-0.2, -0.15) is 13.2 Å². The number of rotatable bonds is 5. The summed E-state index contributed by atoms with van der Waals surface area (Å²) in [6, 6.07) is 4.72. The Hall–Kier alpha value is -2.25. The first-order chi connectivity index (χ1) is 10.3. The van der Waals surface area contributed by atoms with Crippen LogP contribution in [0.2, 0.25) is 0 Å². The van der Waals surface area contributed by atoms with E-state index in [9.17, 15) is 22.8 Å². The molecule has 1 aliphatic heterocycles. The summed E-state index contributed by atoms with van der Waals surface area (Å²) >= 11 is 0. The maximum atomic E-state index is 12.6. The molecule has 0 saturated carbocycles. The average molecular weight is 317 g/mol. The molecule has 0 bridgehead atoms. The second kappa shape index (κ2) is 6.25. The van der Waals surface area contributed by atoms with Gasteiger partial charge in [0.25, 0.3) is 0 Å². The summed E-state index contributed by atoms with van der Waals surface area (Å²) in [6.07, 6.45) is -5.58. The third-order valence-corrected chi connectivity index (χ3v) is 3.26. The largest absolute Gasteiger partial charge is 0.481 e. The van der Waals surface area contributed by atoms with Gasteiger partial charge in [-0.05, 0) is 24.1 Å². The zero-order valence-corrected chi connectivity index (χ0v) is 11.5. The molecule has 1 amide bonds. The highest BCUT2D eigenvalue weighted by atomic mass is 19.4. The normalized spacial score (nSPS) is 18.4. The molecule has 8 heteroatoms. The molecule has 0 aromatic heterocycles. The number of benzene rings is 1. The molecular weight excluding hydrogens is 303 g/mol. The number of hydrogen-bond donors (Lipinski definition) is 1. The number of carbonyl (C=O) groups excluding carboxylic acids is 1. The lowest BCUT2D eigenvalue weighted by Gasteiger charge is -2.14. The van der Waals surface area contributed by atoms with Crippen LogP contribution in [0.15, 0.2) is 24.3 Å².